The number of aliphatic hydroxyl groups is 2. The summed E-state index contributed by atoms with van der Waals surface area (Å²) >= 11 is 0. The van der Waals surface area contributed by atoms with Gasteiger partial charge in [-0.05, 0) is 64.5 Å². The van der Waals surface area contributed by atoms with Crippen molar-refractivity contribution in [2.45, 2.75) is 58.6 Å². The van der Waals surface area contributed by atoms with Crippen LogP contribution in [0.3, 0.4) is 0 Å². The minimum atomic E-state index is -0.532. The molecule has 3 aromatic rings. The third kappa shape index (κ3) is 4.67. The molecular weight excluding hydrogens is 434 g/mol. The second kappa shape index (κ2) is 9.38. The lowest BCUT2D eigenvalue weighted by atomic mass is 10.1. The summed E-state index contributed by atoms with van der Waals surface area (Å²) in [5, 5.41) is 27.7. The molecule has 3 aromatic heterocycles. The smallest absolute Gasteiger partial charge is 0.258 e. The number of aliphatic hydroxyl groups excluding tert-OH is 2. The van der Waals surface area contributed by atoms with Crippen molar-refractivity contribution in [1.82, 2.24) is 15.0 Å². The van der Waals surface area contributed by atoms with Crippen molar-refractivity contribution in [3.05, 3.63) is 23.5 Å². The number of ether oxygens (including phenoxy) is 1. The van der Waals surface area contributed by atoms with E-state index in [0.29, 0.717) is 54.4 Å². The Hall–Kier alpha value is -2.91. The van der Waals surface area contributed by atoms with Crippen molar-refractivity contribution in [2.75, 3.05) is 30.4 Å². The molecule has 2 fully saturated rings. The van der Waals surface area contributed by atoms with Gasteiger partial charge in [0, 0.05) is 36.2 Å². The molecule has 0 bridgehead atoms. The first kappa shape index (κ1) is 22.9. The van der Waals surface area contributed by atoms with E-state index in [2.05, 4.69) is 15.6 Å². The van der Waals surface area contributed by atoms with Crippen LogP contribution in [0, 0.1) is 25.7 Å². The fraction of sp³-hybridized carbons (Fsp3) is 0.560. The molecule has 9 nitrogen and oxygen atoms in total. The second-order valence-electron chi connectivity index (χ2n) is 9.53. The molecule has 9 heteroatoms. The highest BCUT2D eigenvalue weighted by molar-refractivity contribution is 5.89. The van der Waals surface area contributed by atoms with Gasteiger partial charge in [0.2, 0.25) is 5.95 Å². The van der Waals surface area contributed by atoms with Crippen molar-refractivity contribution < 1.29 is 19.4 Å². The molecule has 0 radical (unpaired) electrons. The maximum atomic E-state index is 10.3. The predicted molar refractivity (Wildman–Crippen MR) is 130 cm³/mol. The standard InChI is InChI=1S/C25H33N5O4/c1-4-33-24-22-16(7-13(2)27-24)9-20(34-22)21-14(3)28-25(26-11-15-5-6-15)30-23(21)29-18-8-17(12-31)19(32)10-18/h7,9,15,17-19,31-32H,4-6,8,10-12H2,1-3H3,(H2,26,28,29,30)/t17-,18-,19+/m1/s1. The highest BCUT2D eigenvalue weighted by atomic mass is 16.5. The van der Waals surface area contributed by atoms with Crippen molar-refractivity contribution in [3.63, 3.8) is 0 Å². The van der Waals surface area contributed by atoms with Crippen LogP contribution in [0.1, 0.15) is 44.0 Å². The number of aryl methyl sites for hydroxylation is 2. The Morgan fingerprint density at radius 3 is 2.68 bits per heavy atom. The number of anilines is 2. The summed E-state index contributed by atoms with van der Waals surface area (Å²) in [4.78, 5) is 14.0. The van der Waals surface area contributed by atoms with Crippen molar-refractivity contribution in [3.8, 4) is 17.2 Å². The van der Waals surface area contributed by atoms with Gasteiger partial charge in [-0.3, -0.25) is 0 Å². The van der Waals surface area contributed by atoms with E-state index >= 15 is 0 Å². The monoisotopic (exact) mass is 467 g/mol. The number of nitrogens with one attached hydrogen (secondary N) is 2. The lowest BCUT2D eigenvalue weighted by Crippen LogP contribution is -2.19. The van der Waals surface area contributed by atoms with Crippen molar-refractivity contribution in [1.29, 1.82) is 0 Å². The molecule has 2 saturated carbocycles. The van der Waals surface area contributed by atoms with Crippen molar-refractivity contribution >= 4 is 22.7 Å². The third-order valence-electron chi connectivity index (χ3n) is 6.69. The van der Waals surface area contributed by atoms with E-state index in [1.165, 1.54) is 12.8 Å². The lowest BCUT2D eigenvalue weighted by molar-refractivity contribution is 0.0908. The van der Waals surface area contributed by atoms with E-state index < -0.39 is 6.10 Å². The highest BCUT2D eigenvalue weighted by Crippen LogP contribution is 2.39. The summed E-state index contributed by atoms with van der Waals surface area (Å²) in [6, 6.07) is 3.93. The molecule has 5 rings (SSSR count). The molecule has 4 N–H and O–H groups in total. The molecule has 0 saturated heterocycles. The maximum Gasteiger partial charge on any atom is 0.258 e. The van der Waals surface area contributed by atoms with Crippen LogP contribution in [-0.4, -0.2) is 57.1 Å². The number of hydrogen-bond donors (Lipinski definition) is 4. The maximum absolute atomic E-state index is 10.3. The number of aromatic nitrogens is 3. The number of fused-ring (bicyclic) bond motifs is 1. The first-order chi connectivity index (χ1) is 16.4. The molecule has 3 atom stereocenters. The zero-order valence-electron chi connectivity index (χ0n) is 20.0. The lowest BCUT2D eigenvalue weighted by Gasteiger charge is -2.18. The van der Waals surface area contributed by atoms with E-state index in [9.17, 15) is 10.2 Å². The summed E-state index contributed by atoms with van der Waals surface area (Å²) in [6.07, 6.45) is 3.17. The van der Waals surface area contributed by atoms with E-state index in [-0.39, 0.29) is 18.6 Å². The van der Waals surface area contributed by atoms with Gasteiger partial charge in [0.15, 0.2) is 5.58 Å². The quantitative estimate of drug-likeness (QED) is 0.373. The number of rotatable bonds is 9. The third-order valence-corrected chi connectivity index (χ3v) is 6.69. The van der Waals surface area contributed by atoms with Crippen LogP contribution in [0.25, 0.3) is 22.3 Å². The molecular formula is C25H33N5O4. The molecule has 182 valence electrons. The van der Waals surface area contributed by atoms with Gasteiger partial charge in [0.05, 0.1) is 24.0 Å². The van der Waals surface area contributed by atoms with E-state index in [4.69, 9.17) is 19.1 Å². The zero-order valence-corrected chi connectivity index (χ0v) is 20.0. The minimum absolute atomic E-state index is 0.0104. The van der Waals surface area contributed by atoms with Crippen LogP contribution < -0.4 is 15.4 Å². The van der Waals surface area contributed by atoms with E-state index in [0.717, 1.165) is 28.9 Å². The van der Waals surface area contributed by atoms with Gasteiger partial charge in [-0.2, -0.15) is 4.98 Å². The van der Waals surface area contributed by atoms with Gasteiger partial charge in [0.25, 0.3) is 5.88 Å². The van der Waals surface area contributed by atoms with Gasteiger partial charge < -0.3 is 30.0 Å². The first-order valence-electron chi connectivity index (χ1n) is 12.2. The fourth-order valence-corrected chi connectivity index (χ4v) is 4.72. The number of nitrogens with zero attached hydrogens (tertiary/aromatic N) is 3. The molecule has 0 aromatic carbocycles. The minimum Gasteiger partial charge on any atom is -0.475 e. The van der Waals surface area contributed by atoms with Crippen molar-refractivity contribution in [2.24, 2.45) is 11.8 Å². The summed E-state index contributed by atoms with van der Waals surface area (Å²) in [5.41, 5.74) is 3.01. The normalized spacial score (nSPS) is 22.3. The average molecular weight is 468 g/mol. The average Bonchev–Trinajstić information content (AvgIpc) is 3.43. The molecule has 0 spiro atoms. The number of hydrogen-bond acceptors (Lipinski definition) is 9. The second-order valence-corrected chi connectivity index (χ2v) is 9.53. The molecule has 2 aliphatic carbocycles. The predicted octanol–water partition coefficient (Wildman–Crippen LogP) is 3.67. The number of furan rings is 1. The van der Waals surface area contributed by atoms with Crippen LogP contribution in [0.4, 0.5) is 11.8 Å². The van der Waals surface area contributed by atoms with Crippen LogP contribution in [0.5, 0.6) is 5.88 Å². The first-order valence-corrected chi connectivity index (χ1v) is 12.2. The van der Waals surface area contributed by atoms with Gasteiger partial charge in [0.1, 0.15) is 11.6 Å². The van der Waals surface area contributed by atoms with Crippen LogP contribution in [-0.2, 0) is 0 Å². The van der Waals surface area contributed by atoms with Gasteiger partial charge >= 0.3 is 0 Å². The molecule has 0 unspecified atom stereocenters. The van der Waals surface area contributed by atoms with Gasteiger partial charge in [-0.1, -0.05) is 0 Å². The van der Waals surface area contributed by atoms with Crippen LogP contribution in [0.2, 0.25) is 0 Å². The Morgan fingerprint density at radius 2 is 1.97 bits per heavy atom. The van der Waals surface area contributed by atoms with Gasteiger partial charge in [-0.15, -0.1) is 0 Å². The number of pyridine rings is 1. The van der Waals surface area contributed by atoms with Gasteiger partial charge in [-0.25, -0.2) is 9.97 Å². The van der Waals surface area contributed by atoms with E-state index in [1.807, 2.05) is 32.9 Å². The zero-order chi connectivity index (χ0) is 23.8. The Morgan fingerprint density at radius 1 is 1.15 bits per heavy atom. The molecule has 0 aliphatic heterocycles. The molecule has 2 aliphatic rings. The fourth-order valence-electron chi connectivity index (χ4n) is 4.72. The molecule has 34 heavy (non-hydrogen) atoms. The summed E-state index contributed by atoms with van der Waals surface area (Å²) in [7, 11) is 0. The molecule has 3 heterocycles. The summed E-state index contributed by atoms with van der Waals surface area (Å²) < 4.78 is 12.0. The Kier molecular flexibility index (Phi) is 6.31. The molecule has 0 amide bonds. The topological polar surface area (TPSA) is 126 Å². The highest BCUT2D eigenvalue weighted by Gasteiger charge is 2.33. The Balaban J connectivity index is 1.54. The Labute approximate surface area is 199 Å². The SMILES string of the molecule is CCOc1nc(C)cc2cc(-c3c(C)nc(NCC4CC4)nc3N[C@@H]3C[C@H](CO)[C@@H](O)C3)oc12. The van der Waals surface area contributed by atoms with Crippen LogP contribution >= 0.6 is 0 Å². The van der Waals surface area contributed by atoms with Crippen LogP contribution in [0.15, 0.2) is 16.5 Å². The summed E-state index contributed by atoms with van der Waals surface area (Å²) in [5.74, 6) is 2.90. The summed E-state index contributed by atoms with van der Waals surface area (Å²) in [6.45, 7) is 7.13. The largest absolute Gasteiger partial charge is 0.475 e. The Bertz CT molecular complexity index is 1180. The van der Waals surface area contributed by atoms with E-state index in [1.54, 1.807) is 0 Å².